The minimum Gasteiger partial charge on any atom is -0.351 e. The highest BCUT2D eigenvalue weighted by atomic mass is 16.1. The van der Waals surface area contributed by atoms with E-state index in [1.807, 2.05) is 30.3 Å². The van der Waals surface area contributed by atoms with Gasteiger partial charge in [-0.2, -0.15) is 0 Å². The van der Waals surface area contributed by atoms with Gasteiger partial charge in [0.05, 0.1) is 0 Å². The van der Waals surface area contributed by atoms with E-state index in [0.29, 0.717) is 18.3 Å². The van der Waals surface area contributed by atoms with E-state index >= 15 is 0 Å². The third-order valence-corrected chi connectivity index (χ3v) is 5.69. The van der Waals surface area contributed by atoms with Crippen molar-refractivity contribution in [3.05, 3.63) is 60.3 Å². The number of benzene rings is 2. The minimum absolute atomic E-state index is 0.0431. The van der Waals surface area contributed by atoms with Crippen LogP contribution in [-0.2, 0) is 0 Å². The summed E-state index contributed by atoms with van der Waals surface area (Å²) in [5.74, 6) is -0.0431. The molecule has 0 aliphatic carbocycles. The van der Waals surface area contributed by atoms with Gasteiger partial charge in [-0.15, -0.1) is 0 Å². The van der Waals surface area contributed by atoms with Crippen molar-refractivity contribution in [2.45, 2.75) is 13.0 Å². The highest BCUT2D eigenvalue weighted by molar-refractivity contribution is 5.98. The van der Waals surface area contributed by atoms with Gasteiger partial charge in [0.2, 0.25) is 0 Å². The Morgan fingerprint density at radius 2 is 1.79 bits per heavy atom. The fourth-order valence-corrected chi connectivity index (χ4v) is 3.79. The van der Waals surface area contributed by atoms with Gasteiger partial charge in [-0.05, 0) is 43.3 Å². The van der Waals surface area contributed by atoms with Crippen LogP contribution in [-0.4, -0.2) is 66.5 Å². The first-order valence-corrected chi connectivity index (χ1v) is 9.99. The number of rotatable bonds is 5. The van der Waals surface area contributed by atoms with Gasteiger partial charge < -0.3 is 15.2 Å². The lowest BCUT2D eigenvalue weighted by atomic mass is 10.0. The quantitative estimate of drug-likeness (QED) is 0.719. The van der Waals surface area contributed by atoms with Crippen molar-refractivity contribution < 1.29 is 4.79 Å². The van der Waals surface area contributed by atoms with Gasteiger partial charge in [-0.1, -0.05) is 36.4 Å². The van der Waals surface area contributed by atoms with Crippen molar-refractivity contribution in [3.8, 4) is 11.1 Å². The summed E-state index contributed by atoms with van der Waals surface area (Å²) in [6, 6.07) is 18.8. The normalized spacial score (nSPS) is 16.9. The van der Waals surface area contributed by atoms with Crippen molar-refractivity contribution in [2.75, 3.05) is 39.8 Å². The molecule has 1 unspecified atom stereocenters. The second-order valence-corrected chi connectivity index (χ2v) is 7.75. The molecule has 4 rings (SSSR count). The molecule has 1 amide bonds. The number of nitrogens with one attached hydrogen (secondary N) is 2. The van der Waals surface area contributed by atoms with Gasteiger partial charge >= 0.3 is 0 Å². The van der Waals surface area contributed by atoms with E-state index in [9.17, 15) is 4.79 Å². The molecular formula is C23H28N4O. The number of amides is 1. The molecule has 2 heterocycles. The van der Waals surface area contributed by atoms with E-state index in [0.717, 1.165) is 42.6 Å². The van der Waals surface area contributed by atoms with Crippen LogP contribution in [0.25, 0.3) is 22.0 Å². The fraction of sp³-hybridized carbons (Fsp3) is 0.348. The Hall–Kier alpha value is -2.63. The molecule has 0 spiro atoms. The molecule has 5 nitrogen and oxygen atoms in total. The van der Waals surface area contributed by atoms with Crippen LogP contribution in [0.2, 0.25) is 0 Å². The molecular weight excluding hydrogens is 348 g/mol. The molecule has 5 heteroatoms. The number of piperazine rings is 1. The first kappa shape index (κ1) is 18.7. The summed E-state index contributed by atoms with van der Waals surface area (Å²) in [6.45, 7) is 7.13. The lowest BCUT2D eigenvalue weighted by Gasteiger charge is -2.36. The van der Waals surface area contributed by atoms with Gasteiger partial charge in [-0.3, -0.25) is 9.69 Å². The van der Waals surface area contributed by atoms with E-state index in [1.165, 1.54) is 5.56 Å². The third kappa shape index (κ3) is 4.11. The number of aromatic nitrogens is 1. The molecule has 3 aromatic rings. The van der Waals surface area contributed by atoms with Gasteiger partial charge in [0.1, 0.15) is 5.69 Å². The van der Waals surface area contributed by atoms with Crippen molar-refractivity contribution >= 4 is 16.8 Å². The molecule has 1 fully saturated rings. The van der Waals surface area contributed by atoms with Gasteiger partial charge in [0.25, 0.3) is 5.91 Å². The summed E-state index contributed by atoms with van der Waals surface area (Å²) in [6.07, 6.45) is 0. The number of nitrogens with zero attached hydrogens (tertiary/aromatic N) is 2. The predicted octanol–water partition coefficient (Wildman–Crippen LogP) is 3.20. The SMILES string of the molecule is CC(CNC(=O)c1cc2cc(-c3ccccc3)ccc2[nH]1)N1CCN(C)CC1. The molecule has 0 saturated carbocycles. The van der Waals surface area contributed by atoms with Crippen LogP contribution in [0.1, 0.15) is 17.4 Å². The van der Waals surface area contributed by atoms with E-state index in [4.69, 9.17) is 0 Å². The summed E-state index contributed by atoms with van der Waals surface area (Å²) in [7, 11) is 2.16. The summed E-state index contributed by atoms with van der Waals surface area (Å²) >= 11 is 0. The van der Waals surface area contributed by atoms with Crippen LogP contribution in [0.15, 0.2) is 54.6 Å². The molecule has 146 valence electrons. The summed E-state index contributed by atoms with van der Waals surface area (Å²) < 4.78 is 0. The van der Waals surface area contributed by atoms with Gasteiger partial charge in [0.15, 0.2) is 0 Å². The Bertz CT molecular complexity index is 942. The average Bonchev–Trinajstić information content (AvgIpc) is 3.16. The first-order chi connectivity index (χ1) is 13.6. The highest BCUT2D eigenvalue weighted by Gasteiger charge is 2.20. The second kappa shape index (κ2) is 8.17. The zero-order valence-corrected chi connectivity index (χ0v) is 16.6. The maximum atomic E-state index is 12.6. The van der Waals surface area contributed by atoms with Crippen LogP contribution in [0.5, 0.6) is 0 Å². The minimum atomic E-state index is -0.0431. The monoisotopic (exact) mass is 376 g/mol. The Kier molecular flexibility index (Phi) is 5.46. The van der Waals surface area contributed by atoms with Gasteiger partial charge in [-0.25, -0.2) is 0 Å². The van der Waals surface area contributed by atoms with Crippen LogP contribution in [0.3, 0.4) is 0 Å². The Balaban J connectivity index is 1.41. The number of aromatic amines is 1. The van der Waals surface area contributed by atoms with Crippen molar-refractivity contribution in [2.24, 2.45) is 0 Å². The molecule has 1 saturated heterocycles. The number of H-pyrrole nitrogens is 1. The molecule has 0 radical (unpaired) electrons. The first-order valence-electron chi connectivity index (χ1n) is 9.99. The highest BCUT2D eigenvalue weighted by Crippen LogP contribution is 2.24. The van der Waals surface area contributed by atoms with Crippen molar-refractivity contribution in [3.63, 3.8) is 0 Å². The number of hydrogen-bond acceptors (Lipinski definition) is 3. The molecule has 2 N–H and O–H groups in total. The van der Waals surface area contributed by atoms with Crippen LogP contribution >= 0.6 is 0 Å². The smallest absolute Gasteiger partial charge is 0.267 e. The van der Waals surface area contributed by atoms with E-state index < -0.39 is 0 Å². The standard InChI is InChI=1S/C23H28N4O/c1-17(27-12-10-26(2)11-13-27)16-24-23(28)22-15-20-14-19(8-9-21(20)25-22)18-6-4-3-5-7-18/h3-9,14-15,17,25H,10-13,16H2,1-2H3,(H,24,28). The largest absolute Gasteiger partial charge is 0.351 e. The molecule has 1 aromatic heterocycles. The topological polar surface area (TPSA) is 51.4 Å². The van der Waals surface area contributed by atoms with Gasteiger partial charge in [0, 0.05) is 49.7 Å². The molecule has 28 heavy (non-hydrogen) atoms. The fourth-order valence-electron chi connectivity index (χ4n) is 3.79. The van der Waals surface area contributed by atoms with Crippen LogP contribution in [0.4, 0.5) is 0 Å². The maximum absolute atomic E-state index is 12.6. The summed E-state index contributed by atoms with van der Waals surface area (Å²) in [5.41, 5.74) is 3.93. The van der Waals surface area contributed by atoms with Crippen molar-refractivity contribution in [1.29, 1.82) is 0 Å². The predicted molar refractivity (Wildman–Crippen MR) is 115 cm³/mol. The summed E-state index contributed by atoms with van der Waals surface area (Å²) in [5, 5.41) is 4.14. The third-order valence-electron chi connectivity index (χ3n) is 5.69. The Morgan fingerprint density at radius 3 is 2.54 bits per heavy atom. The van der Waals surface area contributed by atoms with Crippen LogP contribution < -0.4 is 5.32 Å². The summed E-state index contributed by atoms with van der Waals surface area (Å²) in [4.78, 5) is 20.7. The lowest BCUT2D eigenvalue weighted by molar-refractivity contribution is 0.0900. The second-order valence-electron chi connectivity index (χ2n) is 7.75. The molecule has 0 bridgehead atoms. The van der Waals surface area contributed by atoms with E-state index in [1.54, 1.807) is 0 Å². The molecule has 2 aromatic carbocycles. The lowest BCUT2D eigenvalue weighted by Crippen LogP contribution is -2.51. The molecule has 1 aliphatic heterocycles. The van der Waals surface area contributed by atoms with Crippen LogP contribution in [0, 0.1) is 0 Å². The average molecular weight is 377 g/mol. The van der Waals surface area contributed by atoms with E-state index in [2.05, 4.69) is 58.3 Å². The number of carbonyl (C=O) groups excluding carboxylic acids is 1. The number of hydrogen-bond donors (Lipinski definition) is 2. The molecule has 1 aliphatic rings. The Labute approximate surface area is 166 Å². The number of fused-ring (bicyclic) bond motifs is 1. The number of carbonyl (C=O) groups is 1. The Morgan fingerprint density at radius 1 is 1.04 bits per heavy atom. The number of likely N-dealkylation sites (N-methyl/N-ethyl adjacent to an activating group) is 1. The maximum Gasteiger partial charge on any atom is 0.267 e. The molecule has 1 atom stereocenters. The zero-order chi connectivity index (χ0) is 19.5. The zero-order valence-electron chi connectivity index (χ0n) is 16.6. The van der Waals surface area contributed by atoms with E-state index in [-0.39, 0.29) is 5.91 Å². The van der Waals surface area contributed by atoms with Crippen molar-refractivity contribution in [1.82, 2.24) is 20.1 Å².